The standard InChI is InChI=1S/C8H9NO2.ClH/c1-6-2-3-9-5-7(6)4-8(10)11;/h2-3,5H,4H2,1H3,(H,10,11);1H. The van der Waals surface area contributed by atoms with Crippen molar-refractivity contribution in [3.8, 4) is 0 Å². The molecule has 0 aliphatic carbocycles. The van der Waals surface area contributed by atoms with E-state index < -0.39 is 5.97 Å². The normalized spacial score (nSPS) is 8.75. The Balaban J connectivity index is 0.00000121. The highest BCUT2D eigenvalue weighted by Crippen LogP contribution is 2.04. The number of hydrogen-bond acceptors (Lipinski definition) is 2. The number of carbonyl (C=O) groups is 1. The summed E-state index contributed by atoms with van der Waals surface area (Å²) in [6, 6.07) is 1.80. The predicted octanol–water partition coefficient (Wildman–Crippen LogP) is 1.44. The summed E-state index contributed by atoms with van der Waals surface area (Å²) in [6.07, 6.45) is 3.30. The molecule has 0 saturated heterocycles. The average Bonchev–Trinajstić information content (AvgIpc) is 1.93. The van der Waals surface area contributed by atoms with Crippen LogP contribution in [0.25, 0.3) is 0 Å². The molecule has 1 aromatic rings. The van der Waals surface area contributed by atoms with E-state index in [-0.39, 0.29) is 18.8 Å². The Hall–Kier alpha value is -1.09. The van der Waals surface area contributed by atoms with E-state index in [0.717, 1.165) is 11.1 Å². The molecule has 0 saturated carbocycles. The van der Waals surface area contributed by atoms with Crippen LogP contribution >= 0.6 is 12.4 Å². The lowest BCUT2D eigenvalue weighted by molar-refractivity contribution is -0.136. The Morgan fingerprint density at radius 3 is 2.83 bits per heavy atom. The maximum atomic E-state index is 10.3. The third-order valence-electron chi connectivity index (χ3n) is 1.49. The SMILES string of the molecule is Cc1ccncc1CC(=O)O.Cl. The number of aromatic nitrogens is 1. The molecule has 66 valence electrons. The van der Waals surface area contributed by atoms with Crippen LogP contribution in [0.1, 0.15) is 11.1 Å². The average molecular weight is 188 g/mol. The van der Waals surface area contributed by atoms with E-state index in [0.29, 0.717) is 0 Å². The highest BCUT2D eigenvalue weighted by Gasteiger charge is 2.02. The van der Waals surface area contributed by atoms with Gasteiger partial charge in [0, 0.05) is 12.4 Å². The van der Waals surface area contributed by atoms with Crippen LogP contribution in [0.5, 0.6) is 0 Å². The number of rotatable bonds is 2. The highest BCUT2D eigenvalue weighted by atomic mass is 35.5. The lowest BCUT2D eigenvalue weighted by atomic mass is 10.1. The van der Waals surface area contributed by atoms with E-state index in [9.17, 15) is 4.79 Å². The first-order valence-electron chi connectivity index (χ1n) is 3.31. The highest BCUT2D eigenvalue weighted by molar-refractivity contribution is 5.85. The van der Waals surface area contributed by atoms with Crippen LogP contribution in [-0.2, 0) is 11.2 Å². The monoisotopic (exact) mass is 187 g/mol. The van der Waals surface area contributed by atoms with Crippen molar-refractivity contribution in [3.63, 3.8) is 0 Å². The smallest absolute Gasteiger partial charge is 0.307 e. The number of aliphatic carboxylic acids is 1. The third kappa shape index (κ3) is 2.88. The lowest BCUT2D eigenvalue weighted by Gasteiger charge is -1.99. The molecule has 12 heavy (non-hydrogen) atoms. The summed E-state index contributed by atoms with van der Waals surface area (Å²) in [5, 5.41) is 8.46. The van der Waals surface area contributed by atoms with Crippen molar-refractivity contribution in [1.29, 1.82) is 0 Å². The second-order valence-corrected chi connectivity index (χ2v) is 2.37. The molecular formula is C8H10ClNO2. The fourth-order valence-electron chi connectivity index (χ4n) is 0.845. The van der Waals surface area contributed by atoms with Gasteiger partial charge >= 0.3 is 5.97 Å². The van der Waals surface area contributed by atoms with Crippen molar-refractivity contribution in [2.45, 2.75) is 13.3 Å². The van der Waals surface area contributed by atoms with Gasteiger partial charge in [-0.25, -0.2) is 0 Å². The van der Waals surface area contributed by atoms with Crippen molar-refractivity contribution in [2.24, 2.45) is 0 Å². The van der Waals surface area contributed by atoms with Gasteiger partial charge in [0.2, 0.25) is 0 Å². The topological polar surface area (TPSA) is 50.2 Å². The Bertz CT molecular complexity index is 276. The van der Waals surface area contributed by atoms with Crippen LogP contribution in [0, 0.1) is 6.92 Å². The minimum Gasteiger partial charge on any atom is -0.481 e. The minimum absolute atomic E-state index is 0. The van der Waals surface area contributed by atoms with Gasteiger partial charge in [-0.2, -0.15) is 0 Å². The second kappa shape index (κ2) is 4.72. The van der Waals surface area contributed by atoms with Crippen LogP contribution < -0.4 is 0 Å². The molecule has 0 aliphatic heterocycles. The number of carboxylic acids is 1. The Morgan fingerprint density at radius 1 is 1.67 bits per heavy atom. The quantitative estimate of drug-likeness (QED) is 0.762. The van der Waals surface area contributed by atoms with Gasteiger partial charge < -0.3 is 5.11 Å². The van der Waals surface area contributed by atoms with Crippen LogP contribution in [0.15, 0.2) is 18.5 Å². The minimum atomic E-state index is -0.818. The lowest BCUT2D eigenvalue weighted by Crippen LogP contribution is -2.01. The zero-order valence-electron chi connectivity index (χ0n) is 6.65. The summed E-state index contributed by atoms with van der Waals surface area (Å²) in [4.78, 5) is 14.1. The van der Waals surface area contributed by atoms with Crippen molar-refractivity contribution in [2.75, 3.05) is 0 Å². The summed E-state index contributed by atoms with van der Waals surface area (Å²) in [7, 11) is 0. The maximum Gasteiger partial charge on any atom is 0.307 e. The Labute approximate surface area is 76.9 Å². The van der Waals surface area contributed by atoms with Gasteiger partial charge in [-0.3, -0.25) is 9.78 Å². The van der Waals surface area contributed by atoms with E-state index in [1.807, 2.05) is 6.92 Å². The van der Waals surface area contributed by atoms with Crippen molar-refractivity contribution >= 4 is 18.4 Å². The number of halogens is 1. The zero-order valence-corrected chi connectivity index (χ0v) is 7.47. The van der Waals surface area contributed by atoms with E-state index in [1.165, 1.54) is 0 Å². The summed E-state index contributed by atoms with van der Waals surface area (Å²) < 4.78 is 0. The molecular weight excluding hydrogens is 178 g/mol. The van der Waals surface area contributed by atoms with Gasteiger partial charge in [0.25, 0.3) is 0 Å². The molecule has 0 atom stereocenters. The molecule has 1 aromatic heterocycles. The second-order valence-electron chi connectivity index (χ2n) is 2.37. The fraction of sp³-hybridized carbons (Fsp3) is 0.250. The van der Waals surface area contributed by atoms with Crippen LogP contribution in [0.3, 0.4) is 0 Å². The van der Waals surface area contributed by atoms with Crippen LogP contribution in [-0.4, -0.2) is 16.1 Å². The first kappa shape index (κ1) is 10.9. The van der Waals surface area contributed by atoms with Gasteiger partial charge in [-0.05, 0) is 24.1 Å². The Morgan fingerprint density at radius 2 is 2.33 bits per heavy atom. The third-order valence-corrected chi connectivity index (χ3v) is 1.49. The number of pyridine rings is 1. The number of aryl methyl sites for hydroxylation is 1. The van der Waals surface area contributed by atoms with E-state index >= 15 is 0 Å². The molecule has 1 N–H and O–H groups in total. The van der Waals surface area contributed by atoms with Gasteiger partial charge in [-0.15, -0.1) is 12.4 Å². The molecule has 0 unspecified atom stereocenters. The van der Waals surface area contributed by atoms with Crippen LogP contribution in [0.4, 0.5) is 0 Å². The predicted molar refractivity (Wildman–Crippen MR) is 47.6 cm³/mol. The van der Waals surface area contributed by atoms with E-state index in [2.05, 4.69) is 4.98 Å². The largest absolute Gasteiger partial charge is 0.481 e. The summed E-state index contributed by atoms with van der Waals surface area (Å²) in [6.45, 7) is 1.87. The number of hydrogen-bond donors (Lipinski definition) is 1. The summed E-state index contributed by atoms with van der Waals surface area (Å²) >= 11 is 0. The summed E-state index contributed by atoms with van der Waals surface area (Å²) in [5.41, 5.74) is 1.75. The van der Waals surface area contributed by atoms with Crippen LogP contribution in [0.2, 0.25) is 0 Å². The molecule has 0 aromatic carbocycles. The van der Waals surface area contributed by atoms with Crippen molar-refractivity contribution < 1.29 is 9.90 Å². The molecule has 3 nitrogen and oxygen atoms in total. The molecule has 1 rings (SSSR count). The van der Waals surface area contributed by atoms with Gasteiger partial charge in [0.1, 0.15) is 0 Å². The van der Waals surface area contributed by atoms with Gasteiger partial charge in [-0.1, -0.05) is 0 Å². The van der Waals surface area contributed by atoms with Gasteiger partial charge in [0.15, 0.2) is 0 Å². The molecule has 0 fully saturated rings. The Kier molecular flexibility index (Phi) is 4.29. The maximum absolute atomic E-state index is 10.3. The molecule has 1 heterocycles. The molecule has 0 aliphatic rings. The van der Waals surface area contributed by atoms with E-state index in [4.69, 9.17) is 5.11 Å². The number of carboxylic acid groups (broad SMARTS) is 1. The number of nitrogens with zero attached hydrogens (tertiary/aromatic N) is 1. The zero-order chi connectivity index (χ0) is 8.27. The van der Waals surface area contributed by atoms with Crippen molar-refractivity contribution in [3.05, 3.63) is 29.6 Å². The van der Waals surface area contributed by atoms with Crippen molar-refractivity contribution in [1.82, 2.24) is 4.98 Å². The molecule has 0 spiro atoms. The molecule has 4 heteroatoms. The molecule has 0 radical (unpaired) electrons. The summed E-state index contributed by atoms with van der Waals surface area (Å²) in [5.74, 6) is -0.818. The molecule has 0 bridgehead atoms. The van der Waals surface area contributed by atoms with E-state index in [1.54, 1.807) is 18.5 Å². The van der Waals surface area contributed by atoms with Gasteiger partial charge in [0.05, 0.1) is 6.42 Å². The molecule has 0 amide bonds. The fourth-order valence-corrected chi connectivity index (χ4v) is 0.845. The first-order chi connectivity index (χ1) is 5.20. The first-order valence-corrected chi connectivity index (χ1v) is 3.31.